The average Bonchev–Trinajstić information content (AvgIpc) is 3.00. The molecule has 0 bridgehead atoms. The Labute approximate surface area is 150 Å². The Morgan fingerprint density at radius 2 is 2.00 bits per heavy atom. The molecule has 2 N–H and O–H groups in total. The third kappa shape index (κ3) is 4.80. The maximum absolute atomic E-state index is 9.90. The predicted octanol–water partition coefficient (Wildman–Crippen LogP) is 3.53. The summed E-state index contributed by atoms with van der Waals surface area (Å²) in [7, 11) is 0. The summed E-state index contributed by atoms with van der Waals surface area (Å²) in [4.78, 5) is 4.30. The number of benzene rings is 1. The van der Waals surface area contributed by atoms with Gasteiger partial charge < -0.3 is 15.2 Å². The average molecular weight is 340 g/mol. The van der Waals surface area contributed by atoms with Crippen LogP contribution >= 0.6 is 0 Å². The lowest BCUT2D eigenvalue weighted by atomic mass is 10.0. The maximum Gasteiger partial charge on any atom is 0.130 e. The minimum atomic E-state index is -0.127. The van der Waals surface area contributed by atoms with Gasteiger partial charge in [-0.25, -0.2) is 0 Å². The Morgan fingerprint density at radius 3 is 2.64 bits per heavy atom. The standard InChI is InChI=1S/C21H28N2O2/c1-15-10-17(12-22-13-18-6-5-8-20(18)24)11-16(2)21(15)25-14-19-7-3-4-9-23-19/h3-4,7,9-11,18,20,22,24H,5-6,8,12-14H2,1-2H3. The van der Waals surface area contributed by atoms with Gasteiger partial charge in [0.05, 0.1) is 11.8 Å². The molecule has 25 heavy (non-hydrogen) atoms. The lowest BCUT2D eigenvalue weighted by Gasteiger charge is -2.17. The van der Waals surface area contributed by atoms with E-state index in [-0.39, 0.29) is 6.10 Å². The molecule has 4 heteroatoms. The molecular weight excluding hydrogens is 312 g/mol. The highest BCUT2D eigenvalue weighted by Gasteiger charge is 2.24. The first kappa shape index (κ1) is 17.9. The zero-order valence-electron chi connectivity index (χ0n) is 15.2. The van der Waals surface area contributed by atoms with E-state index in [4.69, 9.17) is 4.74 Å². The fourth-order valence-electron chi connectivity index (χ4n) is 3.66. The Kier molecular flexibility index (Phi) is 6.05. The van der Waals surface area contributed by atoms with Crippen LogP contribution in [0.5, 0.6) is 5.75 Å². The number of aryl methyl sites for hydroxylation is 2. The normalized spacial score (nSPS) is 20.0. The van der Waals surface area contributed by atoms with Crippen molar-refractivity contribution in [1.29, 1.82) is 0 Å². The minimum absolute atomic E-state index is 0.127. The highest BCUT2D eigenvalue weighted by atomic mass is 16.5. The lowest BCUT2D eigenvalue weighted by molar-refractivity contribution is 0.131. The zero-order valence-corrected chi connectivity index (χ0v) is 15.2. The Balaban J connectivity index is 1.56. The number of hydrogen-bond acceptors (Lipinski definition) is 4. The summed E-state index contributed by atoms with van der Waals surface area (Å²) < 4.78 is 5.99. The molecule has 1 aliphatic rings. The molecule has 0 aliphatic heterocycles. The van der Waals surface area contributed by atoms with Crippen LogP contribution in [-0.2, 0) is 13.2 Å². The van der Waals surface area contributed by atoms with Crippen LogP contribution in [0.1, 0.15) is 41.6 Å². The third-order valence-corrected chi connectivity index (χ3v) is 4.97. The maximum atomic E-state index is 9.90. The largest absolute Gasteiger partial charge is 0.487 e. The first-order valence-electron chi connectivity index (χ1n) is 9.15. The molecule has 134 valence electrons. The van der Waals surface area contributed by atoms with Crippen molar-refractivity contribution in [3.8, 4) is 5.75 Å². The number of pyridine rings is 1. The highest BCUT2D eigenvalue weighted by molar-refractivity contribution is 5.43. The summed E-state index contributed by atoms with van der Waals surface area (Å²) in [5.74, 6) is 1.35. The van der Waals surface area contributed by atoms with Crippen molar-refractivity contribution in [2.75, 3.05) is 6.54 Å². The molecule has 1 aromatic carbocycles. The number of rotatable bonds is 7. The molecule has 0 spiro atoms. The van der Waals surface area contributed by atoms with E-state index < -0.39 is 0 Å². The van der Waals surface area contributed by atoms with Crippen molar-refractivity contribution >= 4 is 0 Å². The van der Waals surface area contributed by atoms with Crippen LogP contribution in [0.4, 0.5) is 0 Å². The molecule has 2 atom stereocenters. The number of nitrogens with zero attached hydrogens (tertiary/aromatic N) is 1. The van der Waals surface area contributed by atoms with Crippen molar-refractivity contribution in [2.24, 2.45) is 5.92 Å². The summed E-state index contributed by atoms with van der Waals surface area (Å²) in [5.41, 5.74) is 4.48. The van der Waals surface area contributed by atoms with Gasteiger partial charge in [-0.15, -0.1) is 0 Å². The molecule has 3 rings (SSSR count). The summed E-state index contributed by atoms with van der Waals surface area (Å²) in [6.45, 7) is 6.37. The van der Waals surface area contributed by atoms with E-state index >= 15 is 0 Å². The van der Waals surface area contributed by atoms with Gasteiger partial charge in [-0.1, -0.05) is 24.6 Å². The summed E-state index contributed by atoms with van der Waals surface area (Å²) in [5, 5.41) is 13.4. The molecule has 2 aromatic rings. The smallest absolute Gasteiger partial charge is 0.130 e. The highest BCUT2D eigenvalue weighted by Crippen LogP contribution is 2.27. The number of aromatic nitrogens is 1. The number of ether oxygens (including phenoxy) is 1. The van der Waals surface area contributed by atoms with Gasteiger partial charge in [0, 0.05) is 19.3 Å². The first-order valence-corrected chi connectivity index (χ1v) is 9.15. The molecule has 1 saturated carbocycles. The van der Waals surface area contributed by atoms with Gasteiger partial charge >= 0.3 is 0 Å². The monoisotopic (exact) mass is 340 g/mol. The van der Waals surface area contributed by atoms with Crippen LogP contribution < -0.4 is 10.1 Å². The van der Waals surface area contributed by atoms with E-state index in [0.717, 1.165) is 54.9 Å². The Hall–Kier alpha value is -1.91. The van der Waals surface area contributed by atoms with Gasteiger partial charge in [-0.3, -0.25) is 4.98 Å². The van der Waals surface area contributed by atoms with Crippen LogP contribution in [0, 0.1) is 19.8 Å². The Bertz CT molecular complexity index is 665. The summed E-state index contributed by atoms with van der Waals surface area (Å²) >= 11 is 0. The number of aliphatic hydroxyl groups is 1. The van der Waals surface area contributed by atoms with Gasteiger partial charge in [0.15, 0.2) is 0 Å². The van der Waals surface area contributed by atoms with Crippen molar-refractivity contribution < 1.29 is 9.84 Å². The molecule has 0 amide bonds. The van der Waals surface area contributed by atoms with E-state index in [1.165, 1.54) is 5.56 Å². The molecule has 1 aromatic heterocycles. The number of hydrogen-bond donors (Lipinski definition) is 2. The van der Waals surface area contributed by atoms with Crippen LogP contribution in [0.2, 0.25) is 0 Å². The quantitative estimate of drug-likeness (QED) is 0.810. The van der Waals surface area contributed by atoms with E-state index in [2.05, 4.69) is 36.3 Å². The Morgan fingerprint density at radius 1 is 1.20 bits per heavy atom. The second-order valence-corrected chi connectivity index (χ2v) is 7.06. The molecule has 2 unspecified atom stereocenters. The second-order valence-electron chi connectivity index (χ2n) is 7.06. The van der Waals surface area contributed by atoms with Crippen LogP contribution in [-0.4, -0.2) is 22.7 Å². The van der Waals surface area contributed by atoms with E-state index in [1.54, 1.807) is 6.20 Å². The van der Waals surface area contributed by atoms with E-state index in [1.807, 2.05) is 18.2 Å². The molecule has 0 saturated heterocycles. The van der Waals surface area contributed by atoms with Crippen LogP contribution in [0.15, 0.2) is 36.5 Å². The number of nitrogens with one attached hydrogen (secondary N) is 1. The molecule has 1 fully saturated rings. The molecule has 1 heterocycles. The minimum Gasteiger partial charge on any atom is -0.487 e. The van der Waals surface area contributed by atoms with Crippen LogP contribution in [0.25, 0.3) is 0 Å². The van der Waals surface area contributed by atoms with Gasteiger partial charge in [0.25, 0.3) is 0 Å². The molecule has 0 radical (unpaired) electrons. The predicted molar refractivity (Wildman–Crippen MR) is 99.5 cm³/mol. The van der Waals surface area contributed by atoms with Crippen molar-refractivity contribution in [2.45, 2.75) is 52.4 Å². The van der Waals surface area contributed by atoms with Crippen molar-refractivity contribution in [3.63, 3.8) is 0 Å². The van der Waals surface area contributed by atoms with Gasteiger partial charge in [-0.2, -0.15) is 0 Å². The fraction of sp³-hybridized carbons (Fsp3) is 0.476. The number of aliphatic hydroxyl groups excluding tert-OH is 1. The van der Waals surface area contributed by atoms with Crippen LogP contribution in [0.3, 0.4) is 0 Å². The third-order valence-electron chi connectivity index (χ3n) is 4.97. The molecular formula is C21H28N2O2. The van der Waals surface area contributed by atoms with Gasteiger partial charge in [-0.05, 0) is 61.4 Å². The summed E-state index contributed by atoms with van der Waals surface area (Å²) in [6.07, 6.45) is 4.89. The molecule has 4 nitrogen and oxygen atoms in total. The van der Waals surface area contributed by atoms with E-state index in [9.17, 15) is 5.11 Å². The van der Waals surface area contributed by atoms with E-state index in [0.29, 0.717) is 12.5 Å². The van der Waals surface area contributed by atoms with Crippen molar-refractivity contribution in [3.05, 3.63) is 58.9 Å². The van der Waals surface area contributed by atoms with Crippen molar-refractivity contribution in [1.82, 2.24) is 10.3 Å². The first-order chi connectivity index (χ1) is 12.1. The molecule has 1 aliphatic carbocycles. The second kappa shape index (κ2) is 8.45. The fourth-order valence-corrected chi connectivity index (χ4v) is 3.66. The summed E-state index contributed by atoms with van der Waals surface area (Å²) in [6, 6.07) is 10.2. The SMILES string of the molecule is Cc1cc(CNCC2CCCC2O)cc(C)c1OCc1ccccn1. The topological polar surface area (TPSA) is 54.4 Å². The zero-order chi connectivity index (χ0) is 17.6. The van der Waals surface area contributed by atoms with Gasteiger partial charge in [0.1, 0.15) is 12.4 Å². The lowest BCUT2D eigenvalue weighted by Crippen LogP contribution is -2.27. The van der Waals surface area contributed by atoms with Gasteiger partial charge in [0.2, 0.25) is 0 Å².